The van der Waals surface area contributed by atoms with E-state index in [4.69, 9.17) is 0 Å². The average molecular weight is 523 g/mol. The molecule has 0 saturated carbocycles. The summed E-state index contributed by atoms with van der Waals surface area (Å²) >= 11 is 1.16. The van der Waals surface area contributed by atoms with Gasteiger partial charge in [-0.25, -0.2) is 8.78 Å². The molecule has 0 radical (unpaired) electrons. The van der Waals surface area contributed by atoms with Crippen LogP contribution >= 0.6 is 11.8 Å². The van der Waals surface area contributed by atoms with Crippen molar-refractivity contribution in [3.05, 3.63) is 92.9 Å². The van der Waals surface area contributed by atoms with E-state index in [9.17, 15) is 36.6 Å². The first-order chi connectivity index (χ1) is 17.0. The zero-order valence-electron chi connectivity index (χ0n) is 18.6. The van der Waals surface area contributed by atoms with Crippen LogP contribution in [-0.2, 0) is 5.75 Å². The number of benzene rings is 2. The van der Waals surface area contributed by atoms with Gasteiger partial charge in [-0.3, -0.25) is 19.3 Å². The highest BCUT2D eigenvalue weighted by Gasteiger charge is 2.47. The minimum absolute atomic E-state index is 0.221. The maximum absolute atomic E-state index is 14.9. The Kier molecular flexibility index (Phi) is 5.73. The fourth-order valence-electron chi connectivity index (χ4n) is 4.52. The van der Waals surface area contributed by atoms with E-state index < -0.39 is 59.3 Å². The molecular formula is C24H18F5N3O3S. The van der Waals surface area contributed by atoms with Gasteiger partial charge in [0.05, 0.1) is 6.04 Å². The Morgan fingerprint density at radius 1 is 1.08 bits per heavy atom. The van der Waals surface area contributed by atoms with Crippen LogP contribution < -0.4 is 10.4 Å². The van der Waals surface area contributed by atoms with Gasteiger partial charge >= 0.3 is 6.18 Å². The van der Waals surface area contributed by atoms with Crippen LogP contribution in [0, 0.1) is 11.6 Å². The average Bonchev–Trinajstić information content (AvgIpc) is 2.98. The predicted octanol–water partition coefficient (Wildman–Crippen LogP) is 4.53. The summed E-state index contributed by atoms with van der Waals surface area (Å²) in [4.78, 5) is 26.0. The topological polar surface area (TPSA) is 65.8 Å². The maximum atomic E-state index is 14.9. The van der Waals surface area contributed by atoms with E-state index in [0.717, 1.165) is 35.6 Å². The number of thioether (sulfide) groups is 1. The van der Waals surface area contributed by atoms with E-state index in [2.05, 4.69) is 0 Å². The number of amides is 1. The number of aromatic nitrogens is 1. The van der Waals surface area contributed by atoms with E-state index in [-0.39, 0.29) is 10.6 Å². The number of carbonyl (C=O) groups is 1. The molecule has 6 nitrogen and oxygen atoms in total. The molecule has 1 aromatic heterocycles. The summed E-state index contributed by atoms with van der Waals surface area (Å²) in [6.07, 6.45) is -3.66. The lowest BCUT2D eigenvalue weighted by Crippen LogP contribution is -2.60. The Balaban J connectivity index is 1.80. The van der Waals surface area contributed by atoms with Crippen molar-refractivity contribution < 1.29 is 31.9 Å². The lowest BCUT2D eigenvalue weighted by atomic mass is 9.94. The van der Waals surface area contributed by atoms with Crippen LogP contribution in [0.4, 0.5) is 22.0 Å². The van der Waals surface area contributed by atoms with Crippen LogP contribution in [0.2, 0.25) is 0 Å². The van der Waals surface area contributed by atoms with Crippen molar-refractivity contribution in [2.24, 2.45) is 0 Å². The normalized spacial score (nSPS) is 18.3. The maximum Gasteiger partial charge on any atom is 0.408 e. The molecule has 36 heavy (non-hydrogen) atoms. The van der Waals surface area contributed by atoms with E-state index in [1.807, 2.05) is 0 Å². The summed E-state index contributed by atoms with van der Waals surface area (Å²) in [5, 5.41) is 11.7. The van der Waals surface area contributed by atoms with Gasteiger partial charge in [-0.05, 0) is 41.8 Å². The highest BCUT2D eigenvalue weighted by Crippen LogP contribution is 2.44. The molecule has 1 N–H and O–H groups in total. The van der Waals surface area contributed by atoms with Gasteiger partial charge in [-0.15, -0.1) is 11.8 Å². The second-order valence-electron chi connectivity index (χ2n) is 8.49. The van der Waals surface area contributed by atoms with Crippen molar-refractivity contribution in [3.63, 3.8) is 0 Å². The van der Waals surface area contributed by atoms with Crippen LogP contribution in [0.25, 0.3) is 0 Å². The Hall–Kier alpha value is -3.54. The number of hydrogen-bond donors (Lipinski definition) is 1. The predicted molar refractivity (Wildman–Crippen MR) is 121 cm³/mol. The molecule has 188 valence electrons. The molecule has 0 fully saturated rings. The number of pyridine rings is 1. The summed E-state index contributed by atoms with van der Waals surface area (Å²) in [6, 6.07) is 5.84. The van der Waals surface area contributed by atoms with Gasteiger partial charge in [0.15, 0.2) is 11.4 Å². The monoisotopic (exact) mass is 523 g/mol. The van der Waals surface area contributed by atoms with E-state index in [0.29, 0.717) is 21.6 Å². The summed E-state index contributed by atoms with van der Waals surface area (Å²) in [7, 11) is 0. The molecule has 2 aromatic carbocycles. The minimum atomic E-state index is -4.82. The Labute approximate surface area is 205 Å². The summed E-state index contributed by atoms with van der Waals surface area (Å²) in [5.41, 5.74) is -0.323. The molecule has 1 amide bonds. The SMILES string of the molecule is C[C@@H](N1CN([C@H]2c3cc(F)ccc3CSc3c(F)cccc32)n2ccc(=O)c(O)c2C1=O)C(F)(F)F. The van der Waals surface area contributed by atoms with Gasteiger partial charge in [-0.1, -0.05) is 18.2 Å². The molecule has 0 aliphatic carbocycles. The molecule has 0 spiro atoms. The molecule has 12 heteroatoms. The van der Waals surface area contributed by atoms with Gasteiger partial charge in [0, 0.05) is 22.9 Å². The third-order valence-electron chi connectivity index (χ3n) is 6.40. The number of fused-ring (bicyclic) bond motifs is 3. The Morgan fingerprint density at radius 2 is 1.83 bits per heavy atom. The Morgan fingerprint density at radius 3 is 2.56 bits per heavy atom. The number of hydrogen-bond acceptors (Lipinski definition) is 5. The number of carbonyl (C=O) groups excluding carboxylic acids is 1. The molecule has 0 bridgehead atoms. The van der Waals surface area contributed by atoms with Gasteiger partial charge in [-0.2, -0.15) is 13.2 Å². The number of rotatable bonds is 2. The van der Waals surface area contributed by atoms with Crippen molar-refractivity contribution in [3.8, 4) is 5.75 Å². The van der Waals surface area contributed by atoms with Gasteiger partial charge in [0.2, 0.25) is 5.43 Å². The molecule has 0 unspecified atom stereocenters. The minimum Gasteiger partial charge on any atom is -0.502 e. The second kappa shape index (κ2) is 8.54. The molecule has 3 aromatic rings. The van der Waals surface area contributed by atoms with E-state index >= 15 is 0 Å². The summed E-state index contributed by atoms with van der Waals surface area (Å²) in [6.45, 7) is 0.143. The Bertz CT molecular complexity index is 1440. The highest BCUT2D eigenvalue weighted by molar-refractivity contribution is 7.98. The van der Waals surface area contributed by atoms with Crippen LogP contribution in [-0.4, -0.2) is 39.5 Å². The molecule has 2 aliphatic rings. The number of alkyl halides is 3. The zero-order valence-corrected chi connectivity index (χ0v) is 19.4. The van der Waals surface area contributed by atoms with E-state index in [1.165, 1.54) is 35.3 Å². The van der Waals surface area contributed by atoms with Crippen LogP contribution in [0.1, 0.15) is 40.1 Å². The van der Waals surface area contributed by atoms with Gasteiger partial charge < -0.3 is 10.0 Å². The van der Waals surface area contributed by atoms with Crippen LogP contribution in [0.3, 0.4) is 0 Å². The third kappa shape index (κ3) is 3.80. The lowest BCUT2D eigenvalue weighted by Gasteiger charge is -2.46. The number of halogens is 5. The standard InChI is InChI=1S/C24H18F5N3O3S/c1-12(24(27,28)29)30-11-32(31-8-7-18(33)21(34)20(31)23(30)35)19-15-3-2-4-17(26)22(15)36-10-13-5-6-14(25)9-16(13)19/h2-9,12,19,34H,10-11H2,1H3/t12-,19-/m1/s1. The fraction of sp³-hybridized carbons (Fsp3) is 0.250. The first-order valence-corrected chi connectivity index (χ1v) is 11.8. The second-order valence-corrected chi connectivity index (χ2v) is 9.47. The summed E-state index contributed by atoms with van der Waals surface area (Å²) < 4.78 is 71.7. The van der Waals surface area contributed by atoms with Crippen molar-refractivity contribution in [1.82, 2.24) is 9.58 Å². The van der Waals surface area contributed by atoms with Crippen molar-refractivity contribution >= 4 is 17.7 Å². The van der Waals surface area contributed by atoms with Gasteiger partial charge in [0.1, 0.15) is 24.3 Å². The first-order valence-electron chi connectivity index (χ1n) is 10.8. The molecule has 0 saturated heterocycles. The largest absolute Gasteiger partial charge is 0.502 e. The third-order valence-corrected chi connectivity index (χ3v) is 7.57. The molecule has 2 aliphatic heterocycles. The van der Waals surface area contributed by atoms with Crippen molar-refractivity contribution in [2.45, 2.75) is 35.8 Å². The van der Waals surface area contributed by atoms with Crippen LogP contribution in [0.5, 0.6) is 5.75 Å². The zero-order chi connectivity index (χ0) is 25.9. The smallest absolute Gasteiger partial charge is 0.408 e. The summed E-state index contributed by atoms with van der Waals surface area (Å²) in [5.74, 6) is -3.13. The number of nitrogens with zero attached hydrogens (tertiary/aromatic N) is 3. The first kappa shape index (κ1) is 24.2. The number of aromatic hydroxyl groups is 1. The van der Waals surface area contributed by atoms with Gasteiger partial charge in [0.25, 0.3) is 5.91 Å². The highest BCUT2D eigenvalue weighted by atomic mass is 32.2. The van der Waals surface area contributed by atoms with Crippen molar-refractivity contribution in [2.75, 3.05) is 11.7 Å². The molecule has 2 atom stereocenters. The van der Waals surface area contributed by atoms with Crippen molar-refractivity contribution in [1.29, 1.82) is 0 Å². The molecular weight excluding hydrogens is 505 g/mol. The quantitative estimate of drug-likeness (QED) is 0.501. The van der Waals surface area contributed by atoms with Crippen LogP contribution in [0.15, 0.2) is 58.4 Å². The molecule has 3 heterocycles. The lowest BCUT2D eigenvalue weighted by molar-refractivity contribution is -0.173. The van der Waals surface area contributed by atoms with E-state index in [1.54, 1.807) is 6.07 Å². The molecule has 5 rings (SSSR count). The fourth-order valence-corrected chi connectivity index (χ4v) is 5.63.